The van der Waals surface area contributed by atoms with Crippen molar-refractivity contribution in [2.24, 2.45) is 4.99 Å². The van der Waals surface area contributed by atoms with Crippen LogP contribution in [0.3, 0.4) is 0 Å². The molecule has 3 heterocycles. The first-order valence-electron chi connectivity index (χ1n) is 8.84. The Hall–Kier alpha value is -1.39. The van der Waals surface area contributed by atoms with Crippen LogP contribution in [0.4, 0.5) is 0 Å². The molecule has 0 bridgehead atoms. The van der Waals surface area contributed by atoms with E-state index in [1.807, 2.05) is 12.1 Å². The van der Waals surface area contributed by atoms with Gasteiger partial charge in [-0.25, -0.2) is 4.98 Å². The lowest BCUT2D eigenvalue weighted by Crippen LogP contribution is -2.37. The Labute approximate surface area is 171 Å². The summed E-state index contributed by atoms with van der Waals surface area (Å²) in [4.78, 5) is 8.87. The number of rotatable bonds is 7. The first-order valence-corrected chi connectivity index (χ1v) is 8.84. The molecular weight excluding hydrogens is 445 g/mol. The lowest BCUT2D eigenvalue weighted by Gasteiger charge is -2.12. The highest BCUT2D eigenvalue weighted by atomic mass is 127. The number of nitrogens with zero attached hydrogens (tertiary/aromatic N) is 3. The number of guanidine groups is 1. The highest BCUT2D eigenvalue weighted by molar-refractivity contribution is 14.0. The SMILES string of the molecule is CN=C(NCCCOC1CCOC1)NCc1cn2c(C)cccc2n1.I. The summed E-state index contributed by atoms with van der Waals surface area (Å²) < 4.78 is 13.1. The average molecular weight is 473 g/mol. The molecule has 144 valence electrons. The number of hydrogen-bond acceptors (Lipinski definition) is 4. The molecule has 0 spiro atoms. The van der Waals surface area contributed by atoms with Gasteiger partial charge in [0.25, 0.3) is 0 Å². The Bertz CT molecular complexity index is 713. The van der Waals surface area contributed by atoms with Crippen LogP contribution in [0.15, 0.2) is 29.4 Å². The van der Waals surface area contributed by atoms with E-state index in [1.165, 1.54) is 5.69 Å². The molecular formula is C18H28IN5O2. The molecule has 1 fully saturated rings. The zero-order valence-corrected chi connectivity index (χ0v) is 17.7. The number of fused-ring (bicyclic) bond motifs is 1. The zero-order chi connectivity index (χ0) is 17.5. The molecule has 1 atom stereocenters. The summed E-state index contributed by atoms with van der Waals surface area (Å²) in [5.41, 5.74) is 3.13. The average Bonchev–Trinajstić information content (AvgIpc) is 3.27. The van der Waals surface area contributed by atoms with Crippen molar-refractivity contribution < 1.29 is 9.47 Å². The maximum Gasteiger partial charge on any atom is 0.191 e. The zero-order valence-electron chi connectivity index (χ0n) is 15.4. The maximum atomic E-state index is 5.75. The van der Waals surface area contributed by atoms with Crippen molar-refractivity contribution in [3.05, 3.63) is 35.8 Å². The molecule has 1 aliphatic heterocycles. The van der Waals surface area contributed by atoms with E-state index in [2.05, 4.69) is 44.2 Å². The Kier molecular flexibility index (Phi) is 8.60. The summed E-state index contributed by atoms with van der Waals surface area (Å²) in [5, 5.41) is 6.60. The fourth-order valence-electron chi connectivity index (χ4n) is 2.85. The molecule has 0 aliphatic carbocycles. The third-order valence-electron chi connectivity index (χ3n) is 4.26. The van der Waals surface area contributed by atoms with Crippen LogP contribution in [-0.2, 0) is 16.0 Å². The van der Waals surface area contributed by atoms with Gasteiger partial charge in [0.15, 0.2) is 5.96 Å². The van der Waals surface area contributed by atoms with Gasteiger partial charge in [0.2, 0.25) is 0 Å². The fourth-order valence-corrected chi connectivity index (χ4v) is 2.85. The van der Waals surface area contributed by atoms with Crippen LogP contribution in [0, 0.1) is 6.92 Å². The number of nitrogens with one attached hydrogen (secondary N) is 2. The summed E-state index contributed by atoms with van der Waals surface area (Å²) in [7, 11) is 1.77. The molecule has 0 aromatic carbocycles. The normalized spacial score (nSPS) is 17.3. The summed E-state index contributed by atoms with van der Waals surface area (Å²) in [6, 6.07) is 6.11. The quantitative estimate of drug-likeness (QED) is 0.279. The van der Waals surface area contributed by atoms with E-state index < -0.39 is 0 Å². The van der Waals surface area contributed by atoms with Crippen molar-refractivity contribution >= 4 is 35.6 Å². The molecule has 0 amide bonds. The van der Waals surface area contributed by atoms with Gasteiger partial charge in [0.05, 0.1) is 24.9 Å². The Morgan fingerprint density at radius 3 is 3.04 bits per heavy atom. The second kappa shape index (κ2) is 10.7. The number of ether oxygens (including phenoxy) is 2. The second-order valence-corrected chi connectivity index (χ2v) is 6.19. The molecule has 8 heteroatoms. The van der Waals surface area contributed by atoms with Crippen molar-refractivity contribution in [1.82, 2.24) is 20.0 Å². The molecule has 7 nitrogen and oxygen atoms in total. The number of pyridine rings is 1. The van der Waals surface area contributed by atoms with Crippen molar-refractivity contribution in [3.63, 3.8) is 0 Å². The molecule has 3 rings (SSSR count). The Balaban J connectivity index is 0.00000243. The molecule has 2 aromatic rings. The van der Waals surface area contributed by atoms with Gasteiger partial charge in [-0.2, -0.15) is 0 Å². The molecule has 0 saturated carbocycles. The van der Waals surface area contributed by atoms with E-state index in [-0.39, 0.29) is 30.1 Å². The fraction of sp³-hybridized carbons (Fsp3) is 0.556. The van der Waals surface area contributed by atoms with Crippen LogP contribution >= 0.6 is 24.0 Å². The van der Waals surface area contributed by atoms with E-state index in [1.54, 1.807) is 7.05 Å². The number of imidazole rings is 1. The van der Waals surface area contributed by atoms with E-state index in [9.17, 15) is 0 Å². The van der Waals surface area contributed by atoms with Gasteiger partial charge in [0, 0.05) is 38.7 Å². The third-order valence-corrected chi connectivity index (χ3v) is 4.26. The predicted octanol–water partition coefficient (Wildman–Crippen LogP) is 2.12. The van der Waals surface area contributed by atoms with Crippen LogP contribution in [0.5, 0.6) is 0 Å². The van der Waals surface area contributed by atoms with Gasteiger partial charge in [-0.15, -0.1) is 24.0 Å². The first-order chi connectivity index (χ1) is 12.3. The molecule has 0 radical (unpaired) electrons. The standard InChI is InChI=1S/C18H27N5O2.HI/c1-14-5-3-6-17-22-15(12-23(14)17)11-21-18(19-2)20-8-4-9-25-16-7-10-24-13-16;/h3,5-6,12,16H,4,7-11,13H2,1-2H3,(H2,19,20,21);1H. The van der Waals surface area contributed by atoms with E-state index >= 15 is 0 Å². The maximum absolute atomic E-state index is 5.75. The molecule has 1 unspecified atom stereocenters. The summed E-state index contributed by atoms with van der Waals surface area (Å²) >= 11 is 0. The number of aromatic nitrogens is 2. The van der Waals surface area contributed by atoms with Crippen LogP contribution in [0.2, 0.25) is 0 Å². The van der Waals surface area contributed by atoms with Crippen LogP contribution in [0.1, 0.15) is 24.2 Å². The minimum atomic E-state index is 0. The van der Waals surface area contributed by atoms with Crippen molar-refractivity contribution in [1.29, 1.82) is 0 Å². The van der Waals surface area contributed by atoms with Crippen LogP contribution in [0.25, 0.3) is 5.65 Å². The molecule has 2 N–H and O–H groups in total. The smallest absolute Gasteiger partial charge is 0.191 e. The third kappa shape index (κ3) is 5.82. The largest absolute Gasteiger partial charge is 0.379 e. The van der Waals surface area contributed by atoms with Crippen LogP contribution < -0.4 is 10.6 Å². The van der Waals surface area contributed by atoms with Crippen molar-refractivity contribution in [2.75, 3.05) is 33.4 Å². The molecule has 1 aliphatic rings. The first kappa shape index (κ1) is 20.9. The monoisotopic (exact) mass is 473 g/mol. The van der Waals surface area contributed by atoms with Gasteiger partial charge in [0.1, 0.15) is 5.65 Å². The summed E-state index contributed by atoms with van der Waals surface area (Å²) in [5.74, 6) is 0.776. The highest BCUT2D eigenvalue weighted by Crippen LogP contribution is 2.09. The van der Waals surface area contributed by atoms with Gasteiger partial charge in [-0.3, -0.25) is 4.99 Å². The molecule has 2 aromatic heterocycles. The number of halogens is 1. The van der Waals surface area contributed by atoms with Crippen LogP contribution in [-0.4, -0.2) is 54.9 Å². The minimum absolute atomic E-state index is 0. The summed E-state index contributed by atoms with van der Waals surface area (Å²) in [6.45, 7) is 5.82. The van der Waals surface area contributed by atoms with E-state index in [4.69, 9.17) is 9.47 Å². The van der Waals surface area contributed by atoms with Crippen molar-refractivity contribution in [2.45, 2.75) is 32.4 Å². The van der Waals surface area contributed by atoms with Gasteiger partial charge >= 0.3 is 0 Å². The Morgan fingerprint density at radius 2 is 2.31 bits per heavy atom. The van der Waals surface area contributed by atoms with E-state index in [0.29, 0.717) is 6.54 Å². The predicted molar refractivity (Wildman–Crippen MR) is 113 cm³/mol. The number of aryl methyl sites for hydroxylation is 1. The van der Waals surface area contributed by atoms with Crippen molar-refractivity contribution in [3.8, 4) is 0 Å². The molecule has 26 heavy (non-hydrogen) atoms. The topological polar surface area (TPSA) is 72.2 Å². The lowest BCUT2D eigenvalue weighted by atomic mass is 10.3. The van der Waals surface area contributed by atoms with Gasteiger partial charge in [-0.05, 0) is 31.9 Å². The van der Waals surface area contributed by atoms with E-state index in [0.717, 1.165) is 56.5 Å². The minimum Gasteiger partial charge on any atom is -0.379 e. The highest BCUT2D eigenvalue weighted by Gasteiger charge is 2.15. The summed E-state index contributed by atoms with van der Waals surface area (Å²) in [6.07, 6.45) is 4.28. The van der Waals surface area contributed by atoms with Gasteiger partial charge in [-0.1, -0.05) is 6.07 Å². The second-order valence-electron chi connectivity index (χ2n) is 6.19. The number of aliphatic imine (C=N–C) groups is 1. The van der Waals surface area contributed by atoms with Gasteiger partial charge < -0.3 is 24.5 Å². The number of hydrogen-bond donors (Lipinski definition) is 2. The Morgan fingerprint density at radius 1 is 1.42 bits per heavy atom. The molecule has 1 saturated heterocycles. The lowest BCUT2D eigenvalue weighted by molar-refractivity contribution is 0.0420.